The molecule has 0 saturated heterocycles. The summed E-state index contributed by atoms with van der Waals surface area (Å²) in [4.78, 5) is 27.6. The number of benzene rings is 1. The Hall–Kier alpha value is -2.34. The average Bonchev–Trinajstić information content (AvgIpc) is 3.26. The van der Waals surface area contributed by atoms with Crippen LogP contribution in [0.15, 0.2) is 24.4 Å². The zero-order valence-corrected chi connectivity index (χ0v) is 13.0. The lowest BCUT2D eigenvalue weighted by Gasteiger charge is -2.14. The van der Waals surface area contributed by atoms with Crippen LogP contribution in [-0.4, -0.2) is 46.6 Å². The number of esters is 1. The van der Waals surface area contributed by atoms with Crippen LogP contribution in [0.5, 0.6) is 5.75 Å². The Balaban J connectivity index is 1.71. The molecule has 1 aromatic carbocycles. The van der Waals surface area contributed by atoms with Crippen LogP contribution < -0.4 is 4.74 Å². The molecule has 0 spiro atoms. The molecule has 0 amide bonds. The standard InChI is InChI=1S/C17H20N2O4/c1-19(12-2-3-12)7-6-11-10-18-15-5-4-13(8-14(11)15)23-17(22)9-16(20)21/h4-5,8,10,12,18H,2-3,6-7,9H2,1H3,(H,20,21). The van der Waals surface area contributed by atoms with Gasteiger partial charge in [-0.15, -0.1) is 0 Å². The molecule has 1 fully saturated rings. The van der Waals surface area contributed by atoms with Crippen LogP contribution in [0.25, 0.3) is 10.9 Å². The lowest BCUT2D eigenvalue weighted by Crippen LogP contribution is -2.23. The molecule has 0 bridgehead atoms. The second-order valence-corrected chi connectivity index (χ2v) is 6.03. The molecule has 6 nitrogen and oxygen atoms in total. The molecule has 0 atom stereocenters. The van der Waals surface area contributed by atoms with Gasteiger partial charge in [-0.3, -0.25) is 9.59 Å². The summed E-state index contributed by atoms with van der Waals surface area (Å²) in [7, 11) is 2.14. The summed E-state index contributed by atoms with van der Waals surface area (Å²) in [6.07, 6.45) is 4.83. The van der Waals surface area contributed by atoms with E-state index >= 15 is 0 Å². The van der Waals surface area contributed by atoms with E-state index in [-0.39, 0.29) is 0 Å². The van der Waals surface area contributed by atoms with Gasteiger partial charge in [-0.25, -0.2) is 0 Å². The third-order valence-corrected chi connectivity index (χ3v) is 4.17. The zero-order valence-electron chi connectivity index (χ0n) is 13.0. The highest BCUT2D eigenvalue weighted by Gasteiger charge is 2.25. The van der Waals surface area contributed by atoms with Crippen LogP contribution in [0.4, 0.5) is 0 Å². The van der Waals surface area contributed by atoms with E-state index in [4.69, 9.17) is 9.84 Å². The van der Waals surface area contributed by atoms with Crippen molar-refractivity contribution in [2.24, 2.45) is 0 Å². The number of nitrogens with zero attached hydrogens (tertiary/aromatic N) is 1. The van der Waals surface area contributed by atoms with Crippen LogP contribution in [0.1, 0.15) is 24.8 Å². The molecule has 0 aliphatic heterocycles. The zero-order chi connectivity index (χ0) is 16.4. The van der Waals surface area contributed by atoms with E-state index in [1.54, 1.807) is 12.1 Å². The Morgan fingerprint density at radius 1 is 1.39 bits per heavy atom. The average molecular weight is 316 g/mol. The molecule has 6 heteroatoms. The highest BCUT2D eigenvalue weighted by atomic mass is 16.5. The monoisotopic (exact) mass is 316 g/mol. The number of carbonyl (C=O) groups excluding carboxylic acids is 1. The van der Waals surface area contributed by atoms with Crippen molar-refractivity contribution in [1.82, 2.24) is 9.88 Å². The number of carboxylic acids is 1. The Bertz CT molecular complexity index is 733. The minimum Gasteiger partial charge on any atom is -0.481 e. The third kappa shape index (κ3) is 3.90. The number of hydrogen-bond donors (Lipinski definition) is 2. The summed E-state index contributed by atoms with van der Waals surface area (Å²) in [6, 6.07) is 6.02. The lowest BCUT2D eigenvalue weighted by atomic mass is 10.1. The molecular formula is C17H20N2O4. The second-order valence-electron chi connectivity index (χ2n) is 6.03. The highest BCUT2D eigenvalue weighted by molar-refractivity contribution is 5.92. The fourth-order valence-corrected chi connectivity index (χ4v) is 2.71. The number of rotatable bonds is 7. The molecule has 2 N–H and O–H groups in total. The van der Waals surface area contributed by atoms with E-state index < -0.39 is 18.4 Å². The van der Waals surface area contributed by atoms with Gasteiger partial charge in [0.15, 0.2) is 0 Å². The van der Waals surface area contributed by atoms with Gasteiger partial charge < -0.3 is 19.7 Å². The van der Waals surface area contributed by atoms with Gasteiger partial charge in [-0.1, -0.05) is 0 Å². The van der Waals surface area contributed by atoms with Crippen molar-refractivity contribution in [3.63, 3.8) is 0 Å². The van der Waals surface area contributed by atoms with E-state index in [1.165, 1.54) is 18.4 Å². The normalized spacial score (nSPS) is 14.3. The number of hydrogen-bond acceptors (Lipinski definition) is 4. The SMILES string of the molecule is CN(CCc1c[nH]c2ccc(OC(=O)CC(=O)O)cc12)C1CC1. The summed E-state index contributed by atoms with van der Waals surface area (Å²) in [5.74, 6) is -1.58. The van der Waals surface area contributed by atoms with Crippen LogP contribution in [-0.2, 0) is 16.0 Å². The molecule has 23 heavy (non-hydrogen) atoms. The molecule has 1 aliphatic carbocycles. The van der Waals surface area contributed by atoms with Crippen molar-refractivity contribution < 1.29 is 19.4 Å². The first kappa shape index (κ1) is 15.6. The van der Waals surface area contributed by atoms with Gasteiger partial charge in [0.25, 0.3) is 0 Å². The van der Waals surface area contributed by atoms with Crippen molar-refractivity contribution in [2.45, 2.75) is 31.7 Å². The van der Waals surface area contributed by atoms with Gasteiger partial charge in [-0.05, 0) is 50.1 Å². The number of aromatic amines is 1. The van der Waals surface area contributed by atoms with E-state index in [0.717, 1.165) is 29.9 Å². The summed E-state index contributed by atoms with van der Waals surface area (Å²) >= 11 is 0. The minimum absolute atomic E-state index is 0.375. The Morgan fingerprint density at radius 2 is 2.17 bits per heavy atom. The number of carboxylic acid groups (broad SMARTS) is 1. The summed E-state index contributed by atoms with van der Waals surface area (Å²) in [5, 5.41) is 9.62. The van der Waals surface area contributed by atoms with Gasteiger partial charge in [0.2, 0.25) is 0 Å². The first-order valence-corrected chi connectivity index (χ1v) is 7.75. The van der Waals surface area contributed by atoms with E-state index in [1.807, 2.05) is 12.3 Å². The third-order valence-electron chi connectivity index (χ3n) is 4.17. The van der Waals surface area contributed by atoms with Gasteiger partial charge in [0.05, 0.1) is 0 Å². The Labute approximate surface area is 134 Å². The summed E-state index contributed by atoms with van der Waals surface area (Å²) < 4.78 is 5.09. The summed E-state index contributed by atoms with van der Waals surface area (Å²) in [6.45, 7) is 0.987. The topological polar surface area (TPSA) is 82.6 Å². The number of likely N-dealkylation sites (N-methyl/N-ethyl adjacent to an activating group) is 1. The fourth-order valence-electron chi connectivity index (χ4n) is 2.71. The maximum atomic E-state index is 11.5. The molecule has 0 unspecified atom stereocenters. The molecule has 2 aromatic rings. The predicted molar refractivity (Wildman–Crippen MR) is 85.5 cm³/mol. The van der Waals surface area contributed by atoms with Crippen molar-refractivity contribution >= 4 is 22.8 Å². The van der Waals surface area contributed by atoms with Crippen molar-refractivity contribution in [3.8, 4) is 5.75 Å². The minimum atomic E-state index is -1.19. The Kier molecular flexibility index (Phi) is 4.34. The second kappa shape index (κ2) is 6.42. The van der Waals surface area contributed by atoms with Gasteiger partial charge >= 0.3 is 11.9 Å². The number of carbonyl (C=O) groups is 2. The van der Waals surface area contributed by atoms with Crippen molar-refractivity contribution in [3.05, 3.63) is 30.0 Å². The summed E-state index contributed by atoms with van der Waals surface area (Å²) in [5.41, 5.74) is 2.15. The Morgan fingerprint density at radius 3 is 2.87 bits per heavy atom. The van der Waals surface area contributed by atoms with E-state index in [2.05, 4.69) is 16.9 Å². The number of aliphatic carboxylic acids is 1. The van der Waals surface area contributed by atoms with Crippen LogP contribution in [0.2, 0.25) is 0 Å². The quantitative estimate of drug-likeness (QED) is 0.465. The van der Waals surface area contributed by atoms with E-state index in [9.17, 15) is 9.59 Å². The first-order chi connectivity index (χ1) is 11.0. The number of ether oxygens (including phenoxy) is 1. The van der Waals surface area contributed by atoms with Gasteiger partial charge in [-0.2, -0.15) is 0 Å². The molecule has 3 rings (SSSR count). The number of fused-ring (bicyclic) bond motifs is 1. The van der Waals surface area contributed by atoms with Gasteiger partial charge in [0.1, 0.15) is 12.2 Å². The smallest absolute Gasteiger partial charge is 0.322 e. The molecular weight excluding hydrogens is 296 g/mol. The van der Waals surface area contributed by atoms with Crippen molar-refractivity contribution in [2.75, 3.05) is 13.6 Å². The van der Waals surface area contributed by atoms with E-state index in [0.29, 0.717) is 5.75 Å². The maximum Gasteiger partial charge on any atom is 0.322 e. The molecule has 0 radical (unpaired) electrons. The molecule has 1 aromatic heterocycles. The lowest BCUT2D eigenvalue weighted by molar-refractivity contribution is -0.145. The van der Waals surface area contributed by atoms with Crippen LogP contribution in [0, 0.1) is 0 Å². The molecule has 1 heterocycles. The largest absolute Gasteiger partial charge is 0.481 e. The number of H-pyrrole nitrogens is 1. The molecule has 1 saturated carbocycles. The highest BCUT2D eigenvalue weighted by Crippen LogP contribution is 2.27. The van der Waals surface area contributed by atoms with Crippen LogP contribution in [0.3, 0.4) is 0 Å². The molecule has 122 valence electrons. The first-order valence-electron chi connectivity index (χ1n) is 7.75. The van der Waals surface area contributed by atoms with Gasteiger partial charge in [0, 0.05) is 29.7 Å². The number of nitrogens with one attached hydrogen (secondary N) is 1. The number of aromatic nitrogens is 1. The van der Waals surface area contributed by atoms with Crippen molar-refractivity contribution in [1.29, 1.82) is 0 Å². The molecule has 1 aliphatic rings. The van der Waals surface area contributed by atoms with Crippen LogP contribution >= 0.6 is 0 Å². The fraction of sp³-hybridized carbons (Fsp3) is 0.412. The predicted octanol–water partition coefficient (Wildman–Crippen LogP) is 2.18. The maximum absolute atomic E-state index is 11.5.